The third-order valence-electron chi connectivity index (χ3n) is 5.39. The van der Waals surface area contributed by atoms with Gasteiger partial charge < -0.3 is 10.1 Å². The smallest absolute Gasteiger partial charge is 0.328 e. The molecule has 0 spiro atoms. The summed E-state index contributed by atoms with van der Waals surface area (Å²) >= 11 is 0. The van der Waals surface area contributed by atoms with Crippen LogP contribution < -0.4 is 5.32 Å². The lowest BCUT2D eigenvalue weighted by molar-refractivity contribution is -0.144. The van der Waals surface area contributed by atoms with Crippen molar-refractivity contribution in [3.8, 4) is 11.3 Å². The van der Waals surface area contributed by atoms with Crippen LogP contribution in [0.5, 0.6) is 0 Å². The van der Waals surface area contributed by atoms with Gasteiger partial charge in [0.15, 0.2) is 0 Å². The van der Waals surface area contributed by atoms with Crippen LogP contribution in [0, 0.1) is 5.82 Å². The molecule has 1 unspecified atom stereocenters. The molecule has 0 radical (unpaired) electrons. The second-order valence-corrected chi connectivity index (χ2v) is 7.82. The maximum Gasteiger partial charge on any atom is 0.328 e. The van der Waals surface area contributed by atoms with E-state index in [1.807, 2.05) is 60.7 Å². The molecule has 0 saturated carbocycles. The molecule has 6 heteroatoms. The molecule has 5 nitrogen and oxygen atoms in total. The molecule has 0 bridgehead atoms. The standard InChI is InChI=1S/C28H26FN3O2/c1-2-34-28(33)25(18-22-15-9-10-16-23(22)29)32-27-24(17-20-11-5-3-6-12-20)31-26(19-30-27)21-13-7-4-8-14-21/h3-16,19,25H,2,17-18H2,1H3,(H,30,32). The summed E-state index contributed by atoms with van der Waals surface area (Å²) in [6.45, 7) is 1.97. The quantitative estimate of drug-likeness (QED) is 0.340. The number of halogens is 1. The summed E-state index contributed by atoms with van der Waals surface area (Å²) in [4.78, 5) is 22.3. The third-order valence-corrected chi connectivity index (χ3v) is 5.39. The summed E-state index contributed by atoms with van der Waals surface area (Å²) in [6.07, 6.45) is 2.32. The lowest BCUT2D eigenvalue weighted by Crippen LogP contribution is -2.34. The first-order valence-electron chi connectivity index (χ1n) is 11.3. The van der Waals surface area contributed by atoms with E-state index in [0.717, 1.165) is 16.8 Å². The Bertz CT molecular complexity index is 1230. The Morgan fingerprint density at radius 2 is 1.65 bits per heavy atom. The molecule has 1 atom stereocenters. The highest BCUT2D eigenvalue weighted by Crippen LogP contribution is 2.23. The van der Waals surface area contributed by atoms with Gasteiger partial charge in [-0.2, -0.15) is 0 Å². The number of esters is 1. The van der Waals surface area contributed by atoms with E-state index < -0.39 is 12.0 Å². The van der Waals surface area contributed by atoms with Crippen LogP contribution in [0.4, 0.5) is 10.2 Å². The predicted octanol–water partition coefficient (Wildman–Crippen LogP) is 5.46. The maximum absolute atomic E-state index is 14.3. The largest absolute Gasteiger partial charge is 0.464 e. The molecule has 0 amide bonds. The number of carbonyl (C=O) groups is 1. The average Bonchev–Trinajstić information content (AvgIpc) is 2.87. The number of anilines is 1. The van der Waals surface area contributed by atoms with Crippen LogP contribution in [-0.2, 0) is 22.4 Å². The molecule has 0 saturated heterocycles. The number of ether oxygens (including phenoxy) is 1. The Morgan fingerprint density at radius 1 is 0.971 bits per heavy atom. The molecule has 1 N–H and O–H groups in total. The van der Waals surface area contributed by atoms with Crippen molar-refractivity contribution in [3.05, 3.63) is 114 Å². The maximum atomic E-state index is 14.3. The molecule has 1 aromatic heterocycles. The van der Waals surface area contributed by atoms with E-state index in [1.165, 1.54) is 6.07 Å². The number of carbonyl (C=O) groups excluding carboxylic acids is 1. The van der Waals surface area contributed by atoms with Crippen molar-refractivity contribution in [1.82, 2.24) is 9.97 Å². The van der Waals surface area contributed by atoms with E-state index in [1.54, 1.807) is 31.3 Å². The third kappa shape index (κ3) is 5.84. The van der Waals surface area contributed by atoms with Gasteiger partial charge in [0.1, 0.15) is 17.7 Å². The molecule has 0 fully saturated rings. The zero-order chi connectivity index (χ0) is 23.8. The van der Waals surface area contributed by atoms with Crippen molar-refractivity contribution < 1.29 is 13.9 Å². The highest BCUT2D eigenvalue weighted by Gasteiger charge is 2.24. The van der Waals surface area contributed by atoms with E-state index in [-0.39, 0.29) is 18.8 Å². The highest BCUT2D eigenvalue weighted by molar-refractivity contribution is 5.79. The number of nitrogens with one attached hydrogen (secondary N) is 1. The molecule has 1 heterocycles. The number of hydrogen-bond donors (Lipinski definition) is 1. The van der Waals surface area contributed by atoms with Gasteiger partial charge in [-0.15, -0.1) is 0 Å². The molecule has 3 aromatic carbocycles. The van der Waals surface area contributed by atoms with Crippen molar-refractivity contribution in [3.63, 3.8) is 0 Å². The van der Waals surface area contributed by atoms with Crippen LogP contribution in [0.2, 0.25) is 0 Å². The van der Waals surface area contributed by atoms with Gasteiger partial charge in [-0.25, -0.2) is 19.2 Å². The zero-order valence-corrected chi connectivity index (χ0v) is 18.9. The lowest BCUT2D eigenvalue weighted by atomic mass is 10.0. The van der Waals surface area contributed by atoms with Crippen LogP contribution in [0.1, 0.15) is 23.7 Å². The van der Waals surface area contributed by atoms with Crippen molar-refractivity contribution in [2.75, 3.05) is 11.9 Å². The normalized spacial score (nSPS) is 11.6. The van der Waals surface area contributed by atoms with Crippen LogP contribution in [0.25, 0.3) is 11.3 Å². The number of nitrogens with zero attached hydrogens (tertiary/aromatic N) is 2. The summed E-state index contributed by atoms with van der Waals surface area (Å²) in [5.41, 5.74) is 3.86. The van der Waals surface area contributed by atoms with Gasteiger partial charge in [-0.1, -0.05) is 78.9 Å². The molecule has 172 valence electrons. The van der Waals surface area contributed by atoms with Gasteiger partial charge in [-0.3, -0.25) is 0 Å². The second kappa shape index (κ2) is 11.2. The summed E-state index contributed by atoms with van der Waals surface area (Å²) in [7, 11) is 0. The molecular weight excluding hydrogens is 429 g/mol. The monoisotopic (exact) mass is 455 g/mol. The summed E-state index contributed by atoms with van der Waals surface area (Å²) in [5.74, 6) is -0.364. The van der Waals surface area contributed by atoms with Crippen molar-refractivity contribution in [1.29, 1.82) is 0 Å². The van der Waals surface area contributed by atoms with Crippen molar-refractivity contribution in [2.45, 2.75) is 25.8 Å². The lowest BCUT2D eigenvalue weighted by Gasteiger charge is -2.20. The summed E-state index contributed by atoms with van der Waals surface area (Å²) in [6, 6.07) is 25.3. The Kier molecular flexibility index (Phi) is 7.60. The highest BCUT2D eigenvalue weighted by atomic mass is 19.1. The molecule has 0 aliphatic carbocycles. The summed E-state index contributed by atoms with van der Waals surface area (Å²) in [5, 5.41) is 3.19. The minimum absolute atomic E-state index is 0.123. The van der Waals surface area contributed by atoms with E-state index in [4.69, 9.17) is 9.72 Å². The van der Waals surface area contributed by atoms with E-state index >= 15 is 0 Å². The molecule has 4 rings (SSSR count). The van der Waals surface area contributed by atoms with Gasteiger partial charge in [0, 0.05) is 18.4 Å². The number of benzene rings is 3. The van der Waals surface area contributed by atoms with E-state index in [2.05, 4.69) is 10.3 Å². The minimum atomic E-state index is -0.816. The Labute approximate surface area is 198 Å². The Hall–Kier alpha value is -4.06. The van der Waals surface area contributed by atoms with Gasteiger partial charge in [0.25, 0.3) is 0 Å². The van der Waals surface area contributed by atoms with Gasteiger partial charge in [0.2, 0.25) is 0 Å². The molecular formula is C28H26FN3O2. The first kappa shape index (κ1) is 23.1. The average molecular weight is 456 g/mol. The fourth-order valence-corrected chi connectivity index (χ4v) is 3.69. The fraction of sp³-hybridized carbons (Fsp3) is 0.179. The van der Waals surface area contributed by atoms with Crippen LogP contribution in [0.3, 0.4) is 0 Å². The first-order chi connectivity index (χ1) is 16.6. The molecule has 0 aliphatic heterocycles. The van der Waals surface area contributed by atoms with Crippen molar-refractivity contribution in [2.24, 2.45) is 0 Å². The molecule has 4 aromatic rings. The first-order valence-corrected chi connectivity index (χ1v) is 11.3. The van der Waals surface area contributed by atoms with E-state index in [9.17, 15) is 9.18 Å². The zero-order valence-electron chi connectivity index (χ0n) is 18.9. The minimum Gasteiger partial charge on any atom is -0.464 e. The molecule has 34 heavy (non-hydrogen) atoms. The molecule has 0 aliphatic rings. The SMILES string of the molecule is CCOC(=O)C(Cc1ccccc1F)Nc1ncc(-c2ccccc2)nc1Cc1ccccc1. The Balaban J connectivity index is 1.69. The van der Waals surface area contributed by atoms with Crippen LogP contribution in [0.15, 0.2) is 91.1 Å². The van der Waals surface area contributed by atoms with Gasteiger partial charge >= 0.3 is 5.97 Å². The van der Waals surface area contributed by atoms with Crippen LogP contribution in [-0.4, -0.2) is 28.6 Å². The van der Waals surface area contributed by atoms with E-state index in [0.29, 0.717) is 23.5 Å². The van der Waals surface area contributed by atoms with Crippen molar-refractivity contribution >= 4 is 11.8 Å². The fourth-order valence-electron chi connectivity index (χ4n) is 3.69. The summed E-state index contributed by atoms with van der Waals surface area (Å²) < 4.78 is 19.6. The topological polar surface area (TPSA) is 64.1 Å². The Morgan fingerprint density at radius 3 is 2.35 bits per heavy atom. The number of aromatic nitrogens is 2. The van der Waals surface area contributed by atoms with Gasteiger partial charge in [-0.05, 0) is 24.1 Å². The number of rotatable bonds is 9. The second-order valence-electron chi connectivity index (χ2n) is 7.82. The predicted molar refractivity (Wildman–Crippen MR) is 131 cm³/mol. The number of hydrogen-bond acceptors (Lipinski definition) is 5. The van der Waals surface area contributed by atoms with Gasteiger partial charge in [0.05, 0.1) is 24.2 Å². The van der Waals surface area contributed by atoms with Crippen LogP contribution >= 0.6 is 0 Å².